The van der Waals surface area contributed by atoms with Gasteiger partial charge in [0.1, 0.15) is 17.0 Å². The molecule has 3 nitrogen and oxygen atoms in total. The number of aliphatic hydroxyl groups is 1. The highest BCUT2D eigenvalue weighted by molar-refractivity contribution is 5.81. The lowest BCUT2D eigenvalue weighted by molar-refractivity contribution is -0.126. The van der Waals surface area contributed by atoms with Gasteiger partial charge in [0.25, 0.3) is 0 Å². The lowest BCUT2D eigenvalue weighted by Gasteiger charge is -2.50. The average molecular weight is 353 g/mol. The third-order valence-corrected chi connectivity index (χ3v) is 5.74. The first-order valence-electron chi connectivity index (χ1n) is 9.05. The summed E-state index contributed by atoms with van der Waals surface area (Å²) in [6, 6.07) is 15.0. The SMILES string of the molecule is CC1(C)CN(Cc2ccccc2)CCC1(O)c1cc(F)cc2ccoc12. The van der Waals surface area contributed by atoms with E-state index < -0.39 is 11.0 Å². The molecular weight excluding hydrogens is 329 g/mol. The second kappa shape index (κ2) is 6.22. The van der Waals surface area contributed by atoms with Crippen molar-refractivity contribution in [3.8, 4) is 0 Å². The highest BCUT2D eigenvalue weighted by atomic mass is 19.1. The zero-order valence-electron chi connectivity index (χ0n) is 15.2. The van der Waals surface area contributed by atoms with E-state index in [0.717, 1.165) is 19.6 Å². The van der Waals surface area contributed by atoms with Gasteiger partial charge in [-0.15, -0.1) is 0 Å². The number of hydrogen-bond acceptors (Lipinski definition) is 3. The van der Waals surface area contributed by atoms with Crippen molar-refractivity contribution in [3.63, 3.8) is 0 Å². The Labute approximate surface area is 153 Å². The lowest BCUT2D eigenvalue weighted by Crippen LogP contribution is -2.55. The molecule has 0 bridgehead atoms. The summed E-state index contributed by atoms with van der Waals surface area (Å²) in [6.07, 6.45) is 2.08. The molecule has 1 aliphatic heterocycles. The molecule has 0 radical (unpaired) electrons. The Morgan fingerprint density at radius 3 is 2.65 bits per heavy atom. The lowest BCUT2D eigenvalue weighted by atomic mass is 9.66. The smallest absolute Gasteiger partial charge is 0.140 e. The maximum absolute atomic E-state index is 14.2. The molecule has 0 saturated carbocycles. The van der Waals surface area contributed by atoms with E-state index in [4.69, 9.17) is 4.42 Å². The number of rotatable bonds is 3. The van der Waals surface area contributed by atoms with Crippen LogP contribution in [0.25, 0.3) is 11.0 Å². The fourth-order valence-corrected chi connectivity index (χ4v) is 4.26. The minimum Gasteiger partial charge on any atom is -0.464 e. The van der Waals surface area contributed by atoms with Gasteiger partial charge in [-0.3, -0.25) is 4.90 Å². The topological polar surface area (TPSA) is 36.6 Å². The molecular formula is C22H24FNO2. The number of fused-ring (bicyclic) bond motifs is 1. The predicted octanol–water partition coefficient (Wildman–Crippen LogP) is 4.69. The maximum Gasteiger partial charge on any atom is 0.140 e. The molecule has 0 aliphatic carbocycles. The Bertz CT molecular complexity index is 918. The monoisotopic (exact) mass is 353 g/mol. The van der Waals surface area contributed by atoms with Gasteiger partial charge in [-0.05, 0) is 30.2 Å². The van der Waals surface area contributed by atoms with Crippen molar-refractivity contribution in [1.29, 1.82) is 0 Å². The van der Waals surface area contributed by atoms with Crippen molar-refractivity contribution >= 4 is 11.0 Å². The number of hydrogen-bond donors (Lipinski definition) is 1. The van der Waals surface area contributed by atoms with E-state index in [1.54, 1.807) is 12.3 Å². The first kappa shape index (κ1) is 17.3. The molecule has 1 saturated heterocycles. The van der Waals surface area contributed by atoms with Crippen LogP contribution in [0.2, 0.25) is 0 Å². The van der Waals surface area contributed by atoms with Crippen LogP contribution in [-0.2, 0) is 12.1 Å². The molecule has 1 aliphatic rings. The van der Waals surface area contributed by atoms with Gasteiger partial charge in [0, 0.05) is 36.0 Å². The summed E-state index contributed by atoms with van der Waals surface area (Å²) in [5, 5.41) is 12.3. The maximum atomic E-state index is 14.2. The van der Waals surface area contributed by atoms with Crippen molar-refractivity contribution in [2.45, 2.75) is 32.4 Å². The number of furan rings is 1. The van der Waals surface area contributed by atoms with E-state index in [9.17, 15) is 9.50 Å². The van der Waals surface area contributed by atoms with Crippen molar-refractivity contribution in [3.05, 3.63) is 71.7 Å². The molecule has 3 aromatic rings. The Kier molecular flexibility index (Phi) is 4.13. The van der Waals surface area contributed by atoms with E-state index in [0.29, 0.717) is 23.0 Å². The minimum absolute atomic E-state index is 0.343. The van der Waals surface area contributed by atoms with Crippen LogP contribution in [0.5, 0.6) is 0 Å². The molecule has 0 amide bonds. The zero-order chi connectivity index (χ0) is 18.4. The van der Waals surface area contributed by atoms with E-state index in [1.807, 2.05) is 32.0 Å². The largest absolute Gasteiger partial charge is 0.464 e. The Hall–Kier alpha value is -2.17. The molecule has 1 unspecified atom stereocenters. The number of benzene rings is 2. The van der Waals surface area contributed by atoms with E-state index in [1.165, 1.54) is 17.7 Å². The van der Waals surface area contributed by atoms with Gasteiger partial charge in [0.2, 0.25) is 0 Å². The van der Waals surface area contributed by atoms with Crippen LogP contribution < -0.4 is 0 Å². The molecule has 0 spiro atoms. The third kappa shape index (κ3) is 2.83. The summed E-state index contributed by atoms with van der Waals surface area (Å²) in [4.78, 5) is 2.35. The van der Waals surface area contributed by atoms with Crippen molar-refractivity contribution in [2.75, 3.05) is 13.1 Å². The van der Waals surface area contributed by atoms with Crippen molar-refractivity contribution in [2.24, 2.45) is 5.41 Å². The van der Waals surface area contributed by atoms with E-state index in [-0.39, 0.29) is 5.82 Å². The third-order valence-electron chi connectivity index (χ3n) is 5.74. The first-order valence-corrected chi connectivity index (χ1v) is 9.05. The molecule has 1 aromatic heterocycles. The van der Waals surface area contributed by atoms with E-state index in [2.05, 4.69) is 17.0 Å². The first-order chi connectivity index (χ1) is 12.4. The van der Waals surface area contributed by atoms with Crippen LogP contribution in [-0.4, -0.2) is 23.1 Å². The summed E-state index contributed by atoms with van der Waals surface area (Å²) >= 11 is 0. The van der Waals surface area contributed by atoms with Gasteiger partial charge in [-0.25, -0.2) is 4.39 Å². The quantitative estimate of drug-likeness (QED) is 0.742. The summed E-state index contributed by atoms with van der Waals surface area (Å²) in [5.74, 6) is -0.343. The fourth-order valence-electron chi connectivity index (χ4n) is 4.26. The fraction of sp³-hybridized carbons (Fsp3) is 0.364. The molecule has 1 N–H and O–H groups in total. The second-order valence-electron chi connectivity index (χ2n) is 7.98. The molecule has 1 fully saturated rings. The summed E-state index contributed by atoms with van der Waals surface area (Å²) in [7, 11) is 0. The van der Waals surface area contributed by atoms with E-state index >= 15 is 0 Å². The number of piperidine rings is 1. The predicted molar refractivity (Wildman–Crippen MR) is 100 cm³/mol. The van der Waals surface area contributed by atoms with Crippen molar-refractivity contribution < 1.29 is 13.9 Å². The standard InChI is InChI=1S/C22H24FNO2/c1-21(2)15-24(14-16-6-4-3-5-7-16)10-9-22(21,25)19-13-18(23)12-17-8-11-26-20(17)19/h3-8,11-13,25H,9-10,14-15H2,1-2H3. The second-order valence-corrected chi connectivity index (χ2v) is 7.98. The van der Waals surface area contributed by atoms with Gasteiger partial charge in [-0.2, -0.15) is 0 Å². The molecule has 26 heavy (non-hydrogen) atoms. The minimum atomic E-state index is -1.14. The highest BCUT2D eigenvalue weighted by Gasteiger charge is 2.50. The molecule has 4 rings (SSSR count). The number of likely N-dealkylation sites (tertiary alicyclic amines) is 1. The van der Waals surface area contributed by atoms with Crippen LogP contribution in [0.3, 0.4) is 0 Å². The van der Waals surface area contributed by atoms with Crippen LogP contribution in [0, 0.1) is 11.2 Å². The van der Waals surface area contributed by atoms with Gasteiger partial charge in [0.15, 0.2) is 0 Å². The highest BCUT2D eigenvalue weighted by Crippen LogP contribution is 2.48. The Morgan fingerprint density at radius 1 is 1.15 bits per heavy atom. The summed E-state index contributed by atoms with van der Waals surface area (Å²) in [5.41, 5.74) is 0.805. The van der Waals surface area contributed by atoms with Gasteiger partial charge in [-0.1, -0.05) is 44.2 Å². The molecule has 2 aromatic carbocycles. The normalized spacial score (nSPS) is 23.4. The van der Waals surface area contributed by atoms with Crippen LogP contribution in [0.1, 0.15) is 31.4 Å². The number of halogens is 1. The van der Waals surface area contributed by atoms with Crippen LogP contribution >= 0.6 is 0 Å². The van der Waals surface area contributed by atoms with Crippen LogP contribution in [0.15, 0.2) is 59.2 Å². The molecule has 4 heteroatoms. The molecule has 1 atom stereocenters. The van der Waals surface area contributed by atoms with Crippen LogP contribution in [0.4, 0.5) is 4.39 Å². The van der Waals surface area contributed by atoms with Gasteiger partial charge in [0.05, 0.1) is 6.26 Å². The number of nitrogens with zero attached hydrogens (tertiary/aromatic N) is 1. The van der Waals surface area contributed by atoms with Gasteiger partial charge < -0.3 is 9.52 Å². The Morgan fingerprint density at radius 2 is 1.92 bits per heavy atom. The molecule has 136 valence electrons. The van der Waals surface area contributed by atoms with Crippen molar-refractivity contribution in [1.82, 2.24) is 4.90 Å². The average Bonchev–Trinajstić information content (AvgIpc) is 3.06. The van der Waals surface area contributed by atoms with Gasteiger partial charge >= 0.3 is 0 Å². The summed E-state index contributed by atoms with van der Waals surface area (Å²) in [6.45, 7) is 6.40. The molecule has 2 heterocycles. The zero-order valence-corrected chi connectivity index (χ0v) is 15.2. The summed E-state index contributed by atoms with van der Waals surface area (Å²) < 4.78 is 19.8. The Balaban J connectivity index is 1.66.